The van der Waals surface area contributed by atoms with E-state index in [1.807, 2.05) is 24.5 Å². The molecule has 1 N–H and O–H groups in total. The number of aromatic amines is 1. The maximum Gasteiger partial charge on any atom is 0.136 e. The number of rotatable bonds is 6. The molecule has 1 fully saturated rings. The Balaban J connectivity index is 1.22. The predicted molar refractivity (Wildman–Crippen MR) is 119 cm³/mol. The Morgan fingerprint density at radius 1 is 0.933 bits per heavy atom. The summed E-state index contributed by atoms with van der Waals surface area (Å²) in [5.74, 6) is 1.54. The van der Waals surface area contributed by atoms with Crippen LogP contribution in [0.3, 0.4) is 0 Å². The molecule has 152 valence electrons. The van der Waals surface area contributed by atoms with Gasteiger partial charge in [0, 0.05) is 42.7 Å². The molecule has 1 aliphatic heterocycles. The van der Waals surface area contributed by atoms with E-state index >= 15 is 0 Å². The molecular weight excluding hydrogens is 370 g/mol. The molecular formula is C25H27N5. The fraction of sp³-hybridized carbons (Fsp3) is 0.280. The topological polar surface area (TPSA) is 49.7 Å². The van der Waals surface area contributed by atoms with E-state index in [1.165, 1.54) is 22.5 Å². The van der Waals surface area contributed by atoms with E-state index in [2.05, 4.69) is 79.4 Å². The smallest absolute Gasteiger partial charge is 0.136 e. The Hall–Kier alpha value is -3.18. The van der Waals surface area contributed by atoms with Crippen LogP contribution in [0.2, 0.25) is 0 Å². The number of likely N-dealkylation sites (tertiary alicyclic amines) is 1. The minimum absolute atomic E-state index is 0.560. The van der Waals surface area contributed by atoms with Crippen molar-refractivity contribution in [3.8, 4) is 5.82 Å². The number of nitrogens with one attached hydrogen (secondary N) is 1. The Morgan fingerprint density at radius 2 is 1.77 bits per heavy atom. The van der Waals surface area contributed by atoms with Gasteiger partial charge in [-0.05, 0) is 61.3 Å². The summed E-state index contributed by atoms with van der Waals surface area (Å²) >= 11 is 0. The highest BCUT2D eigenvalue weighted by Gasteiger charge is 2.24. The summed E-state index contributed by atoms with van der Waals surface area (Å²) in [6.07, 6.45) is 9.23. The van der Waals surface area contributed by atoms with Crippen molar-refractivity contribution in [2.75, 3.05) is 13.1 Å². The molecule has 5 heteroatoms. The molecule has 0 amide bonds. The molecule has 0 spiro atoms. The second kappa shape index (κ2) is 8.67. The lowest BCUT2D eigenvalue weighted by atomic mass is 9.89. The third kappa shape index (κ3) is 4.07. The van der Waals surface area contributed by atoms with Crippen molar-refractivity contribution in [3.05, 3.63) is 102 Å². The number of pyridine rings is 1. The maximum atomic E-state index is 4.50. The zero-order valence-electron chi connectivity index (χ0n) is 17.1. The van der Waals surface area contributed by atoms with E-state index in [-0.39, 0.29) is 0 Å². The molecule has 3 aromatic heterocycles. The first-order valence-electron chi connectivity index (χ1n) is 10.7. The Morgan fingerprint density at radius 3 is 2.57 bits per heavy atom. The van der Waals surface area contributed by atoms with Crippen LogP contribution >= 0.6 is 0 Å². The van der Waals surface area contributed by atoms with Gasteiger partial charge in [-0.25, -0.2) is 4.98 Å². The van der Waals surface area contributed by atoms with Gasteiger partial charge in [0.2, 0.25) is 0 Å². The first-order valence-corrected chi connectivity index (χ1v) is 10.7. The van der Waals surface area contributed by atoms with Gasteiger partial charge in [-0.15, -0.1) is 0 Å². The first-order chi connectivity index (χ1) is 14.9. The normalized spacial score (nSPS) is 15.5. The van der Waals surface area contributed by atoms with Crippen LogP contribution in [0.4, 0.5) is 0 Å². The van der Waals surface area contributed by atoms with Crippen LogP contribution in [0.5, 0.6) is 0 Å². The summed E-state index contributed by atoms with van der Waals surface area (Å²) in [7, 11) is 0. The van der Waals surface area contributed by atoms with Crippen LogP contribution in [0.25, 0.3) is 5.82 Å². The molecule has 4 aromatic rings. The van der Waals surface area contributed by atoms with Gasteiger partial charge in [-0.1, -0.05) is 36.4 Å². The van der Waals surface area contributed by atoms with Gasteiger partial charge in [-0.2, -0.15) is 5.10 Å². The molecule has 1 aliphatic rings. The van der Waals surface area contributed by atoms with Gasteiger partial charge < -0.3 is 4.57 Å². The standard InChI is InChI=1S/C25H27N5/c1-2-7-20(8-3-1)17-22-18-27-28-25(22)21-11-15-29(16-12-21)19-23-9-6-14-30(23)24-10-4-5-13-26-24/h1-10,13-14,18,21H,11-12,15-17,19H2,(H,27,28). The Bertz CT molecular complexity index is 1060. The molecule has 5 nitrogen and oxygen atoms in total. The van der Waals surface area contributed by atoms with Gasteiger partial charge in [-0.3, -0.25) is 10.00 Å². The van der Waals surface area contributed by atoms with Crippen molar-refractivity contribution < 1.29 is 0 Å². The molecule has 1 aromatic carbocycles. The maximum absolute atomic E-state index is 4.50. The average molecular weight is 398 g/mol. The first kappa shape index (κ1) is 18.8. The second-order valence-electron chi connectivity index (χ2n) is 8.08. The van der Waals surface area contributed by atoms with Crippen LogP contribution < -0.4 is 0 Å². The van der Waals surface area contributed by atoms with Gasteiger partial charge >= 0.3 is 0 Å². The van der Waals surface area contributed by atoms with Crippen molar-refractivity contribution >= 4 is 0 Å². The lowest BCUT2D eigenvalue weighted by Crippen LogP contribution is -2.33. The summed E-state index contributed by atoms with van der Waals surface area (Å²) in [5.41, 5.74) is 5.30. The van der Waals surface area contributed by atoms with Gasteiger partial charge in [0.05, 0.1) is 6.20 Å². The highest BCUT2D eigenvalue weighted by Crippen LogP contribution is 2.30. The number of nitrogens with zero attached hydrogens (tertiary/aromatic N) is 4. The highest BCUT2D eigenvalue weighted by molar-refractivity contribution is 5.30. The fourth-order valence-electron chi connectivity index (χ4n) is 4.50. The van der Waals surface area contributed by atoms with Crippen LogP contribution in [0.1, 0.15) is 41.3 Å². The number of hydrogen-bond acceptors (Lipinski definition) is 3. The average Bonchev–Trinajstić information content (AvgIpc) is 3.45. The molecule has 0 atom stereocenters. The number of hydrogen-bond donors (Lipinski definition) is 1. The van der Waals surface area contributed by atoms with Crippen LogP contribution in [-0.2, 0) is 13.0 Å². The zero-order valence-corrected chi connectivity index (χ0v) is 17.1. The Kier molecular flexibility index (Phi) is 5.44. The van der Waals surface area contributed by atoms with E-state index in [9.17, 15) is 0 Å². The van der Waals surface area contributed by atoms with Crippen LogP contribution in [-0.4, -0.2) is 37.7 Å². The summed E-state index contributed by atoms with van der Waals surface area (Å²) < 4.78 is 2.19. The molecule has 0 aliphatic carbocycles. The molecule has 30 heavy (non-hydrogen) atoms. The fourth-order valence-corrected chi connectivity index (χ4v) is 4.50. The van der Waals surface area contributed by atoms with Crippen molar-refractivity contribution in [2.45, 2.75) is 31.7 Å². The van der Waals surface area contributed by atoms with E-state index in [0.29, 0.717) is 5.92 Å². The lowest BCUT2D eigenvalue weighted by molar-refractivity contribution is 0.200. The quantitative estimate of drug-likeness (QED) is 0.519. The van der Waals surface area contributed by atoms with E-state index in [0.717, 1.165) is 44.7 Å². The third-order valence-corrected chi connectivity index (χ3v) is 6.10. The van der Waals surface area contributed by atoms with Crippen LogP contribution in [0.15, 0.2) is 79.3 Å². The van der Waals surface area contributed by atoms with Gasteiger partial charge in [0.25, 0.3) is 0 Å². The third-order valence-electron chi connectivity index (χ3n) is 6.10. The van der Waals surface area contributed by atoms with Crippen molar-refractivity contribution in [1.82, 2.24) is 24.6 Å². The Labute approximate surface area is 177 Å². The summed E-state index contributed by atoms with van der Waals surface area (Å²) in [6.45, 7) is 3.15. The number of piperidine rings is 1. The van der Waals surface area contributed by atoms with Gasteiger partial charge in [0.1, 0.15) is 5.82 Å². The van der Waals surface area contributed by atoms with E-state index in [4.69, 9.17) is 0 Å². The van der Waals surface area contributed by atoms with Crippen molar-refractivity contribution in [3.63, 3.8) is 0 Å². The summed E-state index contributed by atoms with van der Waals surface area (Å²) in [4.78, 5) is 7.05. The van der Waals surface area contributed by atoms with Crippen molar-refractivity contribution in [2.24, 2.45) is 0 Å². The minimum atomic E-state index is 0.560. The SMILES string of the molecule is c1ccc(Cc2cn[nH]c2C2CCN(Cc3cccn3-c3ccccn3)CC2)cc1. The summed E-state index contributed by atoms with van der Waals surface area (Å²) in [5, 5.41) is 7.68. The van der Waals surface area contributed by atoms with E-state index < -0.39 is 0 Å². The lowest BCUT2D eigenvalue weighted by Gasteiger charge is -2.32. The molecule has 0 radical (unpaired) electrons. The zero-order chi connectivity index (χ0) is 20.2. The molecule has 5 rings (SSSR count). The van der Waals surface area contributed by atoms with E-state index in [1.54, 1.807) is 0 Å². The van der Waals surface area contributed by atoms with Gasteiger partial charge in [0.15, 0.2) is 0 Å². The largest absolute Gasteiger partial charge is 0.304 e. The van der Waals surface area contributed by atoms with Crippen molar-refractivity contribution in [1.29, 1.82) is 0 Å². The molecule has 0 saturated carbocycles. The van der Waals surface area contributed by atoms with Crippen LogP contribution in [0, 0.1) is 0 Å². The molecule has 0 unspecified atom stereocenters. The monoisotopic (exact) mass is 397 g/mol. The molecule has 0 bridgehead atoms. The number of benzene rings is 1. The summed E-state index contributed by atoms with van der Waals surface area (Å²) in [6, 6.07) is 21.0. The minimum Gasteiger partial charge on any atom is -0.304 e. The predicted octanol–water partition coefficient (Wildman–Crippen LogP) is 4.57. The molecule has 1 saturated heterocycles. The second-order valence-corrected chi connectivity index (χ2v) is 8.08. The number of H-pyrrole nitrogens is 1. The highest BCUT2D eigenvalue weighted by atomic mass is 15.2. The molecule has 4 heterocycles. The number of aromatic nitrogens is 4.